The van der Waals surface area contributed by atoms with Crippen LogP contribution in [0.4, 0.5) is 5.69 Å². The summed E-state index contributed by atoms with van der Waals surface area (Å²) in [5.74, 6) is -0.100. The Bertz CT molecular complexity index is 715. The first-order valence-corrected chi connectivity index (χ1v) is 8.55. The van der Waals surface area contributed by atoms with Crippen molar-refractivity contribution in [3.05, 3.63) is 46.8 Å². The average Bonchev–Trinajstić information content (AvgIpc) is 3.03. The molecule has 0 radical (unpaired) electrons. The third-order valence-corrected chi connectivity index (χ3v) is 4.44. The Morgan fingerprint density at radius 2 is 2.24 bits per heavy atom. The number of H-pyrrole nitrogens is 1. The second-order valence-electron chi connectivity index (χ2n) is 6.13. The van der Waals surface area contributed by atoms with Gasteiger partial charge in [0, 0.05) is 56.1 Å². The average molecular weight is 364 g/mol. The highest BCUT2D eigenvalue weighted by Gasteiger charge is 2.21. The molecule has 136 valence electrons. The fourth-order valence-corrected chi connectivity index (χ4v) is 3.10. The molecule has 0 fully saturated rings. The molecule has 0 atom stereocenters. The molecule has 25 heavy (non-hydrogen) atoms. The number of rotatable bonds is 6. The minimum Gasteiger partial charge on any atom is -0.370 e. The van der Waals surface area contributed by atoms with Gasteiger partial charge in [0.15, 0.2) is 5.69 Å². The Kier molecular flexibility index (Phi) is 6.84. The highest BCUT2D eigenvalue weighted by molar-refractivity contribution is 5.94. The number of aryl methyl sites for hydroxylation is 1. The van der Waals surface area contributed by atoms with Crippen molar-refractivity contribution in [1.82, 2.24) is 20.8 Å². The number of carbonyl (C=O) groups is 1. The van der Waals surface area contributed by atoms with E-state index in [1.165, 1.54) is 11.3 Å². The lowest BCUT2D eigenvalue weighted by Crippen LogP contribution is -2.36. The van der Waals surface area contributed by atoms with Crippen LogP contribution in [0.2, 0.25) is 0 Å². The van der Waals surface area contributed by atoms with E-state index >= 15 is 0 Å². The van der Waals surface area contributed by atoms with Crippen LogP contribution in [0.1, 0.15) is 34.2 Å². The molecule has 1 aliphatic rings. The van der Waals surface area contributed by atoms with E-state index in [1.54, 1.807) is 0 Å². The Balaban J connectivity index is 0.00000225. The van der Waals surface area contributed by atoms with Gasteiger partial charge in [-0.3, -0.25) is 9.89 Å². The summed E-state index contributed by atoms with van der Waals surface area (Å²) in [7, 11) is 0. The molecule has 0 unspecified atom stereocenters. The maximum absolute atomic E-state index is 12.4. The molecule has 0 saturated heterocycles. The maximum atomic E-state index is 12.4. The van der Waals surface area contributed by atoms with Gasteiger partial charge in [-0.25, -0.2) is 0 Å². The van der Waals surface area contributed by atoms with Crippen LogP contribution in [0.15, 0.2) is 24.3 Å². The lowest BCUT2D eigenvalue weighted by Gasteiger charge is -2.23. The second-order valence-corrected chi connectivity index (χ2v) is 6.13. The molecule has 0 bridgehead atoms. The molecule has 1 aliphatic heterocycles. The summed E-state index contributed by atoms with van der Waals surface area (Å²) < 4.78 is 0. The zero-order chi connectivity index (χ0) is 16.9. The van der Waals surface area contributed by atoms with E-state index in [1.807, 2.05) is 0 Å². The highest BCUT2D eigenvalue weighted by atomic mass is 35.5. The third-order valence-electron chi connectivity index (χ3n) is 4.44. The van der Waals surface area contributed by atoms with Gasteiger partial charge in [-0.05, 0) is 31.5 Å². The van der Waals surface area contributed by atoms with Crippen LogP contribution < -0.4 is 15.5 Å². The molecular weight excluding hydrogens is 338 g/mol. The Morgan fingerprint density at radius 1 is 1.40 bits per heavy atom. The van der Waals surface area contributed by atoms with Crippen molar-refractivity contribution < 1.29 is 4.79 Å². The monoisotopic (exact) mass is 363 g/mol. The van der Waals surface area contributed by atoms with Crippen molar-refractivity contribution in [2.75, 3.05) is 31.1 Å². The summed E-state index contributed by atoms with van der Waals surface area (Å²) in [4.78, 5) is 14.7. The summed E-state index contributed by atoms with van der Waals surface area (Å²) in [5, 5.41) is 13.5. The normalized spacial score (nSPS) is 12.9. The standard InChI is InChI=1S/C18H25N5O.ClH/c1-3-23(14-6-4-5-13(2)11-14)10-9-20-18(24)17-15-12-19-8-7-16(15)21-22-17;/h4-6,11,19H,3,7-10,12H2,1-2H3,(H,20,24)(H,21,22);1H. The van der Waals surface area contributed by atoms with Gasteiger partial charge in [-0.2, -0.15) is 5.10 Å². The Morgan fingerprint density at radius 3 is 3.00 bits per heavy atom. The lowest BCUT2D eigenvalue weighted by atomic mass is 10.1. The van der Waals surface area contributed by atoms with Gasteiger partial charge in [-0.15, -0.1) is 12.4 Å². The van der Waals surface area contributed by atoms with Gasteiger partial charge in [0.05, 0.1) is 0 Å². The van der Waals surface area contributed by atoms with Gasteiger partial charge >= 0.3 is 0 Å². The first-order valence-electron chi connectivity index (χ1n) is 8.55. The van der Waals surface area contributed by atoms with E-state index in [0.717, 1.165) is 37.3 Å². The number of anilines is 1. The van der Waals surface area contributed by atoms with Crippen molar-refractivity contribution in [2.45, 2.75) is 26.8 Å². The number of fused-ring (bicyclic) bond motifs is 1. The molecule has 0 spiro atoms. The van der Waals surface area contributed by atoms with Gasteiger partial charge in [0.1, 0.15) is 0 Å². The summed E-state index contributed by atoms with van der Waals surface area (Å²) in [6, 6.07) is 8.43. The molecular formula is C18H26ClN5O. The first-order chi connectivity index (χ1) is 11.7. The number of amides is 1. The maximum Gasteiger partial charge on any atom is 0.272 e. The number of nitrogens with zero attached hydrogens (tertiary/aromatic N) is 2. The quantitative estimate of drug-likeness (QED) is 0.734. The number of likely N-dealkylation sites (N-methyl/N-ethyl adjacent to an activating group) is 1. The second kappa shape index (κ2) is 8.87. The SMILES string of the molecule is CCN(CCNC(=O)c1n[nH]c2c1CNCC2)c1cccc(C)c1.Cl. The van der Waals surface area contributed by atoms with Crippen LogP contribution in [0, 0.1) is 6.92 Å². The molecule has 0 saturated carbocycles. The van der Waals surface area contributed by atoms with E-state index in [9.17, 15) is 4.79 Å². The number of nitrogens with one attached hydrogen (secondary N) is 3. The number of carbonyl (C=O) groups excluding carboxylic acids is 1. The summed E-state index contributed by atoms with van der Waals surface area (Å²) >= 11 is 0. The molecule has 2 aromatic rings. The molecule has 6 nitrogen and oxygen atoms in total. The largest absolute Gasteiger partial charge is 0.370 e. The van der Waals surface area contributed by atoms with E-state index in [-0.39, 0.29) is 18.3 Å². The topological polar surface area (TPSA) is 73.0 Å². The molecule has 2 heterocycles. The molecule has 3 N–H and O–H groups in total. The number of hydrogen-bond donors (Lipinski definition) is 3. The third kappa shape index (κ3) is 4.52. The predicted molar refractivity (Wildman–Crippen MR) is 103 cm³/mol. The molecule has 1 aromatic heterocycles. The van der Waals surface area contributed by atoms with Crippen LogP contribution in [-0.4, -0.2) is 42.3 Å². The van der Waals surface area contributed by atoms with Crippen molar-refractivity contribution in [1.29, 1.82) is 0 Å². The van der Waals surface area contributed by atoms with E-state index in [0.29, 0.717) is 18.8 Å². The summed E-state index contributed by atoms with van der Waals surface area (Å²) in [5.41, 5.74) is 5.04. The van der Waals surface area contributed by atoms with Crippen LogP contribution in [0.25, 0.3) is 0 Å². The lowest BCUT2D eigenvalue weighted by molar-refractivity contribution is 0.0948. The number of benzene rings is 1. The minimum absolute atomic E-state index is 0. The summed E-state index contributed by atoms with van der Waals surface area (Å²) in [6.07, 6.45) is 0.895. The molecule has 7 heteroatoms. The van der Waals surface area contributed by atoms with Crippen molar-refractivity contribution >= 4 is 24.0 Å². The minimum atomic E-state index is -0.100. The molecule has 1 aromatic carbocycles. The van der Waals surface area contributed by atoms with E-state index < -0.39 is 0 Å². The zero-order valence-electron chi connectivity index (χ0n) is 14.8. The Hall–Kier alpha value is -2.05. The van der Waals surface area contributed by atoms with Gasteiger partial charge in [-0.1, -0.05) is 12.1 Å². The summed E-state index contributed by atoms with van der Waals surface area (Å²) in [6.45, 7) is 8.12. The van der Waals surface area contributed by atoms with Crippen molar-refractivity contribution in [3.63, 3.8) is 0 Å². The zero-order valence-corrected chi connectivity index (χ0v) is 15.6. The fraction of sp³-hybridized carbons (Fsp3) is 0.444. The van der Waals surface area contributed by atoms with Crippen LogP contribution in [0.5, 0.6) is 0 Å². The smallest absolute Gasteiger partial charge is 0.272 e. The van der Waals surface area contributed by atoms with Crippen LogP contribution in [-0.2, 0) is 13.0 Å². The van der Waals surface area contributed by atoms with Crippen molar-refractivity contribution in [2.24, 2.45) is 0 Å². The number of halogens is 1. The van der Waals surface area contributed by atoms with Gasteiger partial charge < -0.3 is 15.5 Å². The van der Waals surface area contributed by atoms with Gasteiger partial charge in [0.25, 0.3) is 5.91 Å². The fourth-order valence-electron chi connectivity index (χ4n) is 3.10. The number of aromatic amines is 1. The van der Waals surface area contributed by atoms with Crippen molar-refractivity contribution in [3.8, 4) is 0 Å². The van der Waals surface area contributed by atoms with Crippen LogP contribution in [0.3, 0.4) is 0 Å². The number of aromatic nitrogens is 2. The van der Waals surface area contributed by atoms with Gasteiger partial charge in [0.2, 0.25) is 0 Å². The molecule has 3 rings (SSSR count). The molecule has 1 amide bonds. The van der Waals surface area contributed by atoms with Crippen LogP contribution >= 0.6 is 12.4 Å². The predicted octanol–water partition coefficient (Wildman–Crippen LogP) is 2.04. The van der Waals surface area contributed by atoms with E-state index in [4.69, 9.17) is 0 Å². The van der Waals surface area contributed by atoms with E-state index in [2.05, 4.69) is 63.8 Å². The first kappa shape index (κ1) is 19.3. The number of hydrogen-bond acceptors (Lipinski definition) is 4. The Labute approximate surface area is 154 Å². The molecule has 0 aliphatic carbocycles. The highest BCUT2D eigenvalue weighted by Crippen LogP contribution is 2.16.